The maximum absolute atomic E-state index is 5.58. The number of aryl methyl sites for hydroxylation is 1. The number of nitrogens with two attached hydrogens (primary N) is 1. The van der Waals surface area contributed by atoms with Gasteiger partial charge in [0, 0.05) is 12.4 Å². The molecule has 66 valence electrons. The number of rotatable bonds is 1. The Bertz CT molecular complexity index is 422. The van der Waals surface area contributed by atoms with E-state index < -0.39 is 0 Å². The summed E-state index contributed by atoms with van der Waals surface area (Å²) in [4.78, 5) is 9.25. The van der Waals surface area contributed by atoms with E-state index in [1.165, 1.54) is 0 Å². The van der Waals surface area contributed by atoms with Gasteiger partial charge in [0.05, 0.1) is 9.88 Å². The third kappa shape index (κ3) is 1.67. The molecule has 0 atom stereocenters. The zero-order valence-corrected chi connectivity index (χ0v) is 8.01. The first kappa shape index (κ1) is 8.19. The van der Waals surface area contributed by atoms with Crippen molar-refractivity contribution in [2.75, 3.05) is 5.73 Å². The Labute approximate surface area is 80.3 Å². The zero-order valence-electron chi connectivity index (χ0n) is 7.19. The quantitative estimate of drug-likeness (QED) is 0.751. The van der Waals surface area contributed by atoms with Crippen molar-refractivity contribution in [2.45, 2.75) is 6.92 Å². The summed E-state index contributed by atoms with van der Waals surface area (Å²) in [6.45, 7) is 1.98. The molecule has 0 aliphatic rings. The second-order valence-electron chi connectivity index (χ2n) is 2.71. The Balaban J connectivity index is 2.46. The summed E-state index contributed by atoms with van der Waals surface area (Å²) in [6, 6.07) is 3.79. The highest BCUT2D eigenvalue weighted by atomic mass is 32.1. The highest BCUT2D eigenvalue weighted by Crippen LogP contribution is 2.25. The Kier molecular flexibility index (Phi) is 1.98. The molecule has 3 nitrogen and oxygen atoms in total. The minimum absolute atomic E-state index is 0.545. The summed E-state index contributed by atoms with van der Waals surface area (Å²) in [5.41, 5.74) is 6.66. The highest BCUT2D eigenvalue weighted by molar-refractivity contribution is 7.15. The fraction of sp³-hybridized carbons (Fsp3) is 0.111. The smallest absolute Gasteiger partial charge is 0.123 e. The number of hydrogen-bond donors (Lipinski definition) is 1. The van der Waals surface area contributed by atoms with E-state index in [4.69, 9.17) is 5.73 Å². The molecule has 2 aromatic rings. The lowest BCUT2D eigenvalue weighted by atomic mass is 10.2. The Morgan fingerprint density at radius 3 is 2.85 bits per heavy atom. The lowest BCUT2D eigenvalue weighted by molar-refractivity contribution is 1.30. The summed E-state index contributed by atoms with van der Waals surface area (Å²) in [6.07, 6.45) is 3.56. The monoisotopic (exact) mass is 191 g/mol. The van der Waals surface area contributed by atoms with Gasteiger partial charge in [0.2, 0.25) is 0 Å². The predicted octanol–water partition coefficient (Wildman–Crippen LogP) is 2.10. The number of nitrogens with zero attached hydrogens (tertiary/aromatic N) is 2. The summed E-state index contributed by atoms with van der Waals surface area (Å²) in [5, 5.41) is 1.06. The molecule has 0 unspecified atom stereocenters. The maximum atomic E-state index is 5.58. The minimum Gasteiger partial charge on any atom is -0.384 e. The van der Waals surface area contributed by atoms with Gasteiger partial charge in [-0.3, -0.25) is 0 Å². The van der Waals surface area contributed by atoms with Crippen LogP contribution in [0.3, 0.4) is 0 Å². The lowest BCUT2D eigenvalue weighted by Gasteiger charge is -1.96. The zero-order chi connectivity index (χ0) is 9.26. The van der Waals surface area contributed by atoms with Gasteiger partial charge in [-0.1, -0.05) is 0 Å². The van der Waals surface area contributed by atoms with Gasteiger partial charge >= 0.3 is 0 Å². The van der Waals surface area contributed by atoms with Crippen molar-refractivity contribution < 1.29 is 0 Å². The van der Waals surface area contributed by atoms with Crippen molar-refractivity contribution in [2.24, 2.45) is 0 Å². The second-order valence-corrected chi connectivity index (χ2v) is 3.95. The molecular formula is C9H9N3S. The molecule has 0 radical (unpaired) electrons. The summed E-state index contributed by atoms with van der Waals surface area (Å²) < 4.78 is 0. The molecule has 0 aliphatic heterocycles. The summed E-state index contributed by atoms with van der Waals surface area (Å²) in [5.74, 6) is 0.545. The molecule has 0 amide bonds. The molecule has 2 N–H and O–H groups in total. The SMILES string of the molecule is Cc1ncc(-c2ccnc(N)c2)s1. The average Bonchev–Trinajstić information content (AvgIpc) is 2.52. The highest BCUT2D eigenvalue weighted by Gasteiger charge is 2.01. The maximum Gasteiger partial charge on any atom is 0.123 e. The Hall–Kier alpha value is -1.42. The van der Waals surface area contributed by atoms with Crippen molar-refractivity contribution in [3.8, 4) is 10.4 Å². The Morgan fingerprint density at radius 1 is 1.38 bits per heavy atom. The number of hydrogen-bond acceptors (Lipinski definition) is 4. The first-order valence-electron chi connectivity index (χ1n) is 3.90. The van der Waals surface area contributed by atoms with Gasteiger partial charge in [-0.15, -0.1) is 11.3 Å². The van der Waals surface area contributed by atoms with Crippen LogP contribution in [0.1, 0.15) is 5.01 Å². The minimum atomic E-state index is 0.545. The van der Waals surface area contributed by atoms with Crippen LogP contribution in [0.4, 0.5) is 5.82 Å². The molecule has 0 fully saturated rings. The van der Waals surface area contributed by atoms with Gasteiger partial charge in [-0.2, -0.15) is 0 Å². The molecular weight excluding hydrogens is 182 g/mol. The van der Waals surface area contributed by atoms with Crippen LogP contribution in [0.25, 0.3) is 10.4 Å². The van der Waals surface area contributed by atoms with Gasteiger partial charge in [-0.25, -0.2) is 9.97 Å². The van der Waals surface area contributed by atoms with E-state index in [9.17, 15) is 0 Å². The molecule has 0 aliphatic carbocycles. The average molecular weight is 191 g/mol. The number of aromatic nitrogens is 2. The first-order chi connectivity index (χ1) is 6.25. The molecule has 13 heavy (non-hydrogen) atoms. The van der Waals surface area contributed by atoms with E-state index in [0.717, 1.165) is 15.4 Å². The third-order valence-corrected chi connectivity index (χ3v) is 2.65. The van der Waals surface area contributed by atoms with Crippen LogP contribution < -0.4 is 5.73 Å². The molecule has 2 rings (SSSR count). The molecule has 4 heteroatoms. The standard InChI is InChI=1S/C9H9N3S/c1-6-12-5-8(13-6)7-2-3-11-9(10)4-7/h2-5H,1H3,(H2,10,11). The molecule has 0 bridgehead atoms. The van der Waals surface area contributed by atoms with Crippen LogP contribution in [0, 0.1) is 6.92 Å². The molecule has 0 aromatic carbocycles. The van der Waals surface area contributed by atoms with Gasteiger partial charge in [0.15, 0.2) is 0 Å². The van der Waals surface area contributed by atoms with Gasteiger partial charge in [0.25, 0.3) is 0 Å². The van der Waals surface area contributed by atoms with E-state index in [0.29, 0.717) is 5.82 Å². The summed E-state index contributed by atoms with van der Waals surface area (Å²) in [7, 11) is 0. The van der Waals surface area contributed by atoms with E-state index in [2.05, 4.69) is 9.97 Å². The molecule has 0 saturated carbocycles. The lowest BCUT2D eigenvalue weighted by Crippen LogP contribution is -1.88. The number of thiazole rings is 1. The number of nitrogen functional groups attached to an aromatic ring is 1. The topological polar surface area (TPSA) is 51.8 Å². The second kappa shape index (κ2) is 3.14. The van der Waals surface area contributed by atoms with Crippen molar-refractivity contribution in [3.63, 3.8) is 0 Å². The van der Waals surface area contributed by atoms with E-state index in [1.807, 2.05) is 25.3 Å². The van der Waals surface area contributed by atoms with Crippen LogP contribution >= 0.6 is 11.3 Å². The van der Waals surface area contributed by atoms with Crippen molar-refractivity contribution in [1.82, 2.24) is 9.97 Å². The fourth-order valence-corrected chi connectivity index (χ4v) is 1.87. The molecule has 2 heterocycles. The van der Waals surface area contributed by atoms with Gasteiger partial charge in [-0.05, 0) is 24.6 Å². The number of pyridine rings is 1. The van der Waals surface area contributed by atoms with Crippen LogP contribution in [0.15, 0.2) is 24.5 Å². The van der Waals surface area contributed by atoms with Crippen molar-refractivity contribution in [1.29, 1.82) is 0 Å². The molecule has 0 spiro atoms. The van der Waals surface area contributed by atoms with Gasteiger partial charge in [0.1, 0.15) is 5.82 Å². The molecule has 2 aromatic heterocycles. The van der Waals surface area contributed by atoms with Crippen LogP contribution in [0.5, 0.6) is 0 Å². The van der Waals surface area contributed by atoms with Crippen molar-refractivity contribution in [3.05, 3.63) is 29.5 Å². The van der Waals surface area contributed by atoms with E-state index in [1.54, 1.807) is 17.5 Å². The summed E-state index contributed by atoms with van der Waals surface area (Å²) >= 11 is 1.66. The number of anilines is 1. The van der Waals surface area contributed by atoms with Crippen LogP contribution in [-0.4, -0.2) is 9.97 Å². The van der Waals surface area contributed by atoms with E-state index >= 15 is 0 Å². The van der Waals surface area contributed by atoms with Crippen LogP contribution in [-0.2, 0) is 0 Å². The fourth-order valence-electron chi connectivity index (χ4n) is 1.10. The van der Waals surface area contributed by atoms with Crippen LogP contribution in [0.2, 0.25) is 0 Å². The molecule has 0 saturated heterocycles. The predicted molar refractivity (Wildman–Crippen MR) is 54.5 cm³/mol. The first-order valence-corrected chi connectivity index (χ1v) is 4.72. The normalized spacial score (nSPS) is 10.2. The van der Waals surface area contributed by atoms with Crippen molar-refractivity contribution >= 4 is 17.2 Å². The largest absolute Gasteiger partial charge is 0.384 e. The Morgan fingerprint density at radius 2 is 2.23 bits per heavy atom. The van der Waals surface area contributed by atoms with E-state index in [-0.39, 0.29) is 0 Å². The van der Waals surface area contributed by atoms with Gasteiger partial charge < -0.3 is 5.73 Å². The third-order valence-electron chi connectivity index (χ3n) is 1.69.